The van der Waals surface area contributed by atoms with Crippen LogP contribution < -0.4 is 5.32 Å². The second kappa shape index (κ2) is 5.13. The monoisotopic (exact) mass is 268 g/mol. The lowest BCUT2D eigenvalue weighted by Gasteiger charge is -2.36. The van der Waals surface area contributed by atoms with Crippen LogP contribution in [0, 0.1) is 15.9 Å². The molecule has 0 amide bonds. The van der Waals surface area contributed by atoms with Crippen molar-refractivity contribution in [3.63, 3.8) is 0 Å². The molecule has 0 saturated carbocycles. The molecule has 0 aromatic heterocycles. The van der Waals surface area contributed by atoms with Crippen molar-refractivity contribution in [3.05, 3.63) is 34.1 Å². The Kier molecular flexibility index (Phi) is 3.71. The van der Waals surface area contributed by atoms with Crippen LogP contribution >= 0.6 is 0 Å². The maximum atomic E-state index is 13.2. The van der Waals surface area contributed by atoms with E-state index in [-0.39, 0.29) is 23.0 Å². The molecule has 0 bridgehead atoms. The zero-order valence-corrected chi connectivity index (χ0v) is 11.0. The van der Waals surface area contributed by atoms with Crippen molar-refractivity contribution in [2.24, 2.45) is 0 Å². The lowest BCUT2D eigenvalue weighted by Crippen LogP contribution is -2.40. The number of benzene rings is 1. The van der Waals surface area contributed by atoms with Gasteiger partial charge in [-0.1, -0.05) is 0 Å². The van der Waals surface area contributed by atoms with Gasteiger partial charge < -0.3 is 10.1 Å². The van der Waals surface area contributed by atoms with Crippen molar-refractivity contribution in [1.82, 2.24) is 0 Å². The Morgan fingerprint density at radius 1 is 1.53 bits per heavy atom. The van der Waals surface area contributed by atoms with E-state index in [0.717, 1.165) is 18.9 Å². The molecule has 1 aromatic carbocycles. The number of anilines is 1. The summed E-state index contributed by atoms with van der Waals surface area (Å²) in [6.45, 7) is 4.54. The highest BCUT2D eigenvalue weighted by Crippen LogP contribution is 2.30. The van der Waals surface area contributed by atoms with E-state index in [2.05, 4.69) is 5.32 Å². The van der Waals surface area contributed by atoms with Gasteiger partial charge in [0.15, 0.2) is 0 Å². The molecule has 0 aliphatic carbocycles. The normalized spacial score (nSPS) is 21.9. The van der Waals surface area contributed by atoms with Gasteiger partial charge in [-0.05, 0) is 32.8 Å². The largest absolute Gasteiger partial charge is 0.376 e. The summed E-state index contributed by atoms with van der Waals surface area (Å²) >= 11 is 0. The fourth-order valence-corrected chi connectivity index (χ4v) is 2.36. The quantitative estimate of drug-likeness (QED) is 0.675. The van der Waals surface area contributed by atoms with Crippen molar-refractivity contribution in [3.8, 4) is 0 Å². The van der Waals surface area contributed by atoms with E-state index in [1.54, 1.807) is 0 Å². The fraction of sp³-hybridized carbons (Fsp3) is 0.538. The first kappa shape index (κ1) is 13.7. The second-order valence-electron chi connectivity index (χ2n) is 5.36. The Labute approximate surface area is 110 Å². The highest BCUT2D eigenvalue weighted by molar-refractivity contribution is 5.61. The van der Waals surface area contributed by atoms with E-state index >= 15 is 0 Å². The predicted octanol–water partition coefficient (Wildman–Crippen LogP) is 3.10. The van der Waals surface area contributed by atoms with E-state index in [0.29, 0.717) is 6.61 Å². The summed E-state index contributed by atoms with van der Waals surface area (Å²) in [6.07, 6.45) is 1.47. The number of nitro groups is 1. The van der Waals surface area contributed by atoms with Gasteiger partial charge in [-0.15, -0.1) is 0 Å². The molecule has 5 nitrogen and oxygen atoms in total. The number of nitro benzene ring substituents is 1. The van der Waals surface area contributed by atoms with Gasteiger partial charge in [-0.25, -0.2) is 4.39 Å². The Morgan fingerprint density at radius 3 is 2.89 bits per heavy atom. The average Bonchev–Trinajstić information content (AvgIpc) is 2.27. The minimum atomic E-state index is -0.508. The number of hydrogen-bond acceptors (Lipinski definition) is 4. The lowest BCUT2D eigenvalue weighted by atomic mass is 9.93. The molecular formula is C13H17FN2O3. The minimum absolute atomic E-state index is 0.0456. The molecule has 1 fully saturated rings. The molecule has 1 aliphatic rings. The summed E-state index contributed by atoms with van der Waals surface area (Å²) in [7, 11) is 0. The van der Waals surface area contributed by atoms with Crippen molar-refractivity contribution < 1.29 is 14.1 Å². The first-order chi connectivity index (χ1) is 8.87. The van der Waals surface area contributed by atoms with Gasteiger partial charge in [0.05, 0.1) is 10.5 Å². The molecule has 1 aliphatic heterocycles. The smallest absolute Gasteiger partial charge is 0.292 e. The van der Waals surface area contributed by atoms with Crippen molar-refractivity contribution in [2.75, 3.05) is 11.9 Å². The van der Waals surface area contributed by atoms with Crippen molar-refractivity contribution in [2.45, 2.75) is 38.3 Å². The molecule has 0 spiro atoms. The van der Waals surface area contributed by atoms with E-state index in [9.17, 15) is 14.5 Å². The first-order valence-electron chi connectivity index (χ1n) is 6.22. The van der Waals surface area contributed by atoms with E-state index in [4.69, 9.17) is 4.74 Å². The number of nitrogens with zero attached hydrogens (tertiary/aromatic N) is 1. The van der Waals surface area contributed by atoms with Gasteiger partial charge in [0.1, 0.15) is 11.5 Å². The Morgan fingerprint density at radius 2 is 2.26 bits per heavy atom. The van der Waals surface area contributed by atoms with Gasteiger partial charge in [-0.3, -0.25) is 10.1 Å². The maximum absolute atomic E-state index is 13.2. The molecule has 1 aromatic rings. The molecule has 19 heavy (non-hydrogen) atoms. The molecule has 6 heteroatoms. The zero-order valence-electron chi connectivity index (χ0n) is 11.0. The molecule has 104 valence electrons. The number of nitrogens with one attached hydrogen (secondary N) is 1. The van der Waals surface area contributed by atoms with Gasteiger partial charge in [0.25, 0.3) is 5.69 Å². The Hall–Kier alpha value is -1.69. The highest BCUT2D eigenvalue weighted by Gasteiger charge is 2.30. The van der Waals surface area contributed by atoms with Crippen LogP contribution in [0.4, 0.5) is 15.8 Å². The van der Waals surface area contributed by atoms with Crippen LogP contribution in [-0.2, 0) is 4.74 Å². The number of hydrogen-bond donors (Lipinski definition) is 1. The first-order valence-corrected chi connectivity index (χ1v) is 6.22. The van der Waals surface area contributed by atoms with Gasteiger partial charge in [0.2, 0.25) is 0 Å². The Bertz CT molecular complexity index is 491. The second-order valence-corrected chi connectivity index (χ2v) is 5.36. The molecule has 1 saturated heterocycles. The van der Waals surface area contributed by atoms with Gasteiger partial charge in [0, 0.05) is 24.8 Å². The Balaban J connectivity index is 2.18. The summed E-state index contributed by atoms with van der Waals surface area (Å²) in [5.41, 5.74) is -0.142. The van der Waals surface area contributed by atoms with Crippen LogP contribution in [0.25, 0.3) is 0 Å². The summed E-state index contributed by atoms with van der Waals surface area (Å²) < 4.78 is 18.8. The summed E-state index contributed by atoms with van der Waals surface area (Å²) in [5, 5.41) is 14.0. The molecule has 1 N–H and O–H groups in total. The van der Waals surface area contributed by atoms with E-state index < -0.39 is 10.7 Å². The lowest BCUT2D eigenvalue weighted by molar-refractivity contribution is -0.384. The summed E-state index contributed by atoms with van der Waals surface area (Å²) in [6, 6.07) is 3.49. The van der Waals surface area contributed by atoms with Crippen LogP contribution in [0.15, 0.2) is 18.2 Å². The zero-order chi connectivity index (χ0) is 14.0. The highest BCUT2D eigenvalue weighted by atomic mass is 19.1. The summed E-state index contributed by atoms with van der Waals surface area (Å²) in [4.78, 5) is 10.4. The SMILES string of the molecule is CC1(C)CC(Nc2cc(F)ccc2[N+](=O)[O-])CCO1. The van der Waals surface area contributed by atoms with E-state index in [1.807, 2.05) is 13.8 Å². The van der Waals surface area contributed by atoms with Crippen LogP contribution in [0.3, 0.4) is 0 Å². The molecule has 1 unspecified atom stereocenters. The van der Waals surface area contributed by atoms with Gasteiger partial charge >= 0.3 is 0 Å². The van der Waals surface area contributed by atoms with Crippen LogP contribution in [0.5, 0.6) is 0 Å². The van der Waals surface area contributed by atoms with Crippen LogP contribution in [0.2, 0.25) is 0 Å². The fourth-order valence-electron chi connectivity index (χ4n) is 2.36. The van der Waals surface area contributed by atoms with Crippen LogP contribution in [0.1, 0.15) is 26.7 Å². The summed E-state index contributed by atoms with van der Waals surface area (Å²) in [5.74, 6) is -0.487. The molecule has 1 heterocycles. The van der Waals surface area contributed by atoms with Gasteiger partial charge in [-0.2, -0.15) is 0 Å². The molecular weight excluding hydrogens is 251 g/mol. The minimum Gasteiger partial charge on any atom is -0.376 e. The molecule has 2 rings (SSSR count). The predicted molar refractivity (Wildman–Crippen MR) is 69.7 cm³/mol. The molecule has 0 radical (unpaired) electrons. The third-order valence-electron chi connectivity index (χ3n) is 3.21. The number of rotatable bonds is 3. The van der Waals surface area contributed by atoms with Crippen molar-refractivity contribution >= 4 is 11.4 Å². The average molecular weight is 268 g/mol. The van der Waals surface area contributed by atoms with Crippen molar-refractivity contribution in [1.29, 1.82) is 0 Å². The third kappa shape index (κ3) is 3.41. The topological polar surface area (TPSA) is 64.4 Å². The number of halogens is 1. The maximum Gasteiger partial charge on any atom is 0.292 e. The molecule has 1 atom stereocenters. The third-order valence-corrected chi connectivity index (χ3v) is 3.21. The van der Waals surface area contributed by atoms with E-state index in [1.165, 1.54) is 12.1 Å². The number of ether oxygens (including phenoxy) is 1. The van der Waals surface area contributed by atoms with Crippen LogP contribution in [-0.4, -0.2) is 23.2 Å². The standard InChI is InChI=1S/C13H17FN2O3/c1-13(2)8-10(5-6-19-13)15-11-7-9(14)3-4-12(11)16(17)18/h3-4,7,10,15H,5-6,8H2,1-2H3.